The van der Waals surface area contributed by atoms with Gasteiger partial charge in [0.1, 0.15) is 0 Å². The number of benzene rings is 1. The van der Waals surface area contributed by atoms with Crippen LogP contribution < -0.4 is 11.1 Å². The minimum Gasteiger partial charge on any atom is -0.343 e. The van der Waals surface area contributed by atoms with Gasteiger partial charge in [0.05, 0.1) is 12.6 Å². The Labute approximate surface area is 166 Å². The summed E-state index contributed by atoms with van der Waals surface area (Å²) in [5.41, 5.74) is 7.36. The monoisotopic (exact) mass is 393 g/mol. The van der Waals surface area contributed by atoms with Crippen molar-refractivity contribution in [1.82, 2.24) is 10.2 Å². The molecule has 0 bridgehead atoms. The van der Waals surface area contributed by atoms with Crippen LogP contribution in [0.3, 0.4) is 0 Å². The molecule has 6 heteroatoms. The van der Waals surface area contributed by atoms with E-state index in [0.717, 1.165) is 30.0 Å². The third kappa shape index (κ3) is 5.07. The van der Waals surface area contributed by atoms with E-state index in [1.54, 1.807) is 11.3 Å². The lowest BCUT2D eigenvalue weighted by atomic mass is 9.80. The van der Waals surface area contributed by atoms with E-state index in [0.29, 0.717) is 6.54 Å². The van der Waals surface area contributed by atoms with E-state index in [2.05, 4.69) is 42.3 Å². The average molecular weight is 394 g/mol. The van der Waals surface area contributed by atoms with Gasteiger partial charge in [-0.3, -0.25) is 9.69 Å². The number of rotatable bonds is 5. The number of nitrogens with one attached hydrogen (secondary N) is 1. The molecule has 1 aliphatic heterocycles. The molecule has 0 aliphatic carbocycles. The first-order valence-electron chi connectivity index (χ1n) is 8.81. The third-order valence-corrected chi connectivity index (χ3v) is 5.96. The van der Waals surface area contributed by atoms with Crippen molar-refractivity contribution in [2.75, 3.05) is 19.6 Å². The van der Waals surface area contributed by atoms with Gasteiger partial charge in [0, 0.05) is 24.0 Å². The van der Waals surface area contributed by atoms with Crippen LogP contribution in [0, 0.1) is 5.41 Å². The van der Waals surface area contributed by atoms with Crippen LogP contribution in [0.1, 0.15) is 36.8 Å². The fraction of sp³-hybridized carbons (Fsp3) is 0.450. The Morgan fingerprint density at radius 3 is 2.65 bits per heavy atom. The van der Waals surface area contributed by atoms with Crippen molar-refractivity contribution in [3.63, 3.8) is 0 Å². The second-order valence-electron chi connectivity index (χ2n) is 7.52. The first kappa shape index (κ1) is 20.9. The highest BCUT2D eigenvalue weighted by molar-refractivity contribution is 7.10. The molecule has 142 valence electrons. The molecule has 0 radical (unpaired) electrons. The molecular weight excluding hydrogens is 366 g/mol. The number of thiophene rings is 1. The lowest BCUT2D eigenvalue weighted by Crippen LogP contribution is -2.54. The van der Waals surface area contributed by atoms with Gasteiger partial charge in [-0.25, -0.2) is 0 Å². The van der Waals surface area contributed by atoms with E-state index in [9.17, 15) is 4.79 Å². The minimum absolute atomic E-state index is 0. The average Bonchev–Trinajstić information content (AvgIpc) is 3.11. The van der Waals surface area contributed by atoms with Crippen LogP contribution in [0.4, 0.5) is 0 Å². The lowest BCUT2D eigenvalue weighted by molar-refractivity contribution is -0.123. The molecule has 0 saturated carbocycles. The van der Waals surface area contributed by atoms with Crippen LogP contribution in [0.2, 0.25) is 0 Å². The normalized spacial score (nSPS) is 20.8. The number of nitrogens with two attached hydrogens (primary N) is 1. The molecule has 2 unspecified atom stereocenters. The highest BCUT2D eigenvalue weighted by Gasteiger charge is 2.34. The minimum atomic E-state index is -0.0891. The van der Waals surface area contributed by atoms with Gasteiger partial charge >= 0.3 is 0 Å². The largest absolute Gasteiger partial charge is 0.343 e. The molecule has 1 fully saturated rings. The zero-order valence-electron chi connectivity index (χ0n) is 15.4. The fourth-order valence-electron chi connectivity index (χ4n) is 3.45. The summed E-state index contributed by atoms with van der Waals surface area (Å²) in [6.45, 7) is 6.52. The standard InChI is InChI=1S/C20H27N3OS.ClH/c1-20(2)14-23(11-10-17(20)21)13-18(24)22-19(16-9-6-12-25-16)15-7-4-3-5-8-15;/h3-9,12,17,19H,10-11,13-14,21H2,1-2H3,(H,22,24);1H. The predicted octanol–water partition coefficient (Wildman–Crippen LogP) is 3.43. The summed E-state index contributed by atoms with van der Waals surface area (Å²) in [4.78, 5) is 16.1. The van der Waals surface area contributed by atoms with Crippen LogP contribution in [0.15, 0.2) is 47.8 Å². The highest BCUT2D eigenvalue weighted by Crippen LogP contribution is 2.28. The summed E-state index contributed by atoms with van der Waals surface area (Å²) in [5.74, 6) is 0.0634. The molecule has 2 aromatic rings. The zero-order valence-corrected chi connectivity index (χ0v) is 17.0. The summed E-state index contributed by atoms with van der Waals surface area (Å²) in [6.07, 6.45) is 0.938. The van der Waals surface area contributed by atoms with E-state index < -0.39 is 0 Å². The van der Waals surface area contributed by atoms with Crippen LogP contribution >= 0.6 is 23.7 Å². The van der Waals surface area contributed by atoms with Crippen molar-refractivity contribution in [3.8, 4) is 0 Å². The van der Waals surface area contributed by atoms with Crippen molar-refractivity contribution in [2.24, 2.45) is 11.1 Å². The van der Waals surface area contributed by atoms with Crippen LogP contribution in [0.25, 0.3) is 0 Å². The van der Waals surface area contributed by atoms with E-state index in [4.69, 9.17) is 5.73 Å². The molecule has 1 aromatic heterocycles. The van der Waals surface area contributed by atoms with Gasteiger partial charge in [0.2, 0.25) is 5.91 Å². The molecule has 1 aliphatic rings. The Bertz CT molecular complexity index is 690. The smallest absolute Gasteiger partial charge is 0.234 e. The maximum absolute atomic E-state index is 12.7. The first-order valence-corrected chi connectivity index (χ1v) is 9.69. The number of nitrogens with zero attached hydrogens (tertiary/aromatic N) is 1. The van der Waals surface area contributed by atoms with Gasteiger partial charge in [-0.2, -0.15) is 0 Å². The second kappa shape index (κ2) is 9.00. The van der Waals surface area contributed by atoms with Gasteiger partial charge in [0.25, 0.3) is 0 Å². The second-order valence-corrected chi connectivity index (χ2v) is 8.50. The Morgan fingerprint density at radius 2 is 2.04 bits per heavy atom. The number of piperidine rings is 1. The maximum atomic E-state index is 12.7. The summed E-state index contributed by atoms with van der Waals surface area (Å²) in [6, 6.07) is 14.4. The van der Waals surface area contributed by atoms with Gasteiger partial charge in [-0.15, -0.1) is 23.7 Å². The van der Waals surface area contributed by atoms with Crippen molar-refractivity contribution < 1.29 is 4.79 Å². The van der Waals surface area contributed by atoms with E-state index in [-0.39, 0.29) is 35.8 Å². The van der Waals surface area contributed by atoms with Crippen molar-refractivity contribution in [3.05, 3.63) is 58.3 Å². The molecule has 1 saturated heterocycles. The summed E-state index contributed by atoms with van der Waals surface area (Å²) in [7, 11) is 0. The number of carbonyl (C=O) groups is 1. The molecule has 2 heterocycles. The van der Waals surface area contributed by atoms with Crippen LogP contribution in [0.5, 0.6) is 0 Å². The van der Waals surface area contributed by atoms with Crippen LogP contribution in [-0.4, -0.2) is 36.5 Å². The Kier molecular flexibility index (Phi) is 7.24. The molecule has 26 heavy (non-hydrogen) atoms. The molecule has 2 atom stereocenters. The zero-order chi connectivity index (χ0) is 17.9. The van der Waals surface area contributed by atoms with Gasteiger partial charge < -0.3 is 11.1 Å². The molecule has 1 amide bonds. The maximum Gasteiger partial charge on any atom is 0.234 e. The number of hydrogen-bond donors (Lipinski definition) is 2. The predicted molar refractivity (Wildman–Crippen MR) is 111 cm³/mol. The molecule has 4 nitrogen and oxygen atoms in total. The van der Waals surface area contributed by atoms with Gasteiger partial charge in [-0.05, 0) is 28.8 Å². The number of amides is 1. The van der Waals surface area contributed by atoms with Crippen molar-refractivity contribution >= 4 is 29.7 Å². The lowest BCUT2D eigenvalue weighted by Gasteiger charge is -2.42. The first-order chi connectivity index (χ1) is 12.0. The third-order valence-electron chi connectivity index (χ3n) is 5.02. The van der Waals surface area contributed by atoms with Crippen LogP contribution in [-0.2, 0) is 4.79 Å². The number of likely N-dealkylation sites (tertiary alicyclic amines) is 1. The number of hydrogen-bond acceptors (Lipinski definition) is 4. The topological polar surface area (TPSA) is 58.4 Å². The van der Waals surface area contributed by atoms with E-state index >= 15 is 0 Å². The van der Waals surface area contributed by atoms with Crippen molar-refractivity contribution in [2.45, 2.75) is 32.4 Å². The Balaban J connectivity index is 0.00000243. The molecular formula is C20H28ClN3OS. The van der Waals surface area contributed by atoms with E-state index in [1.807, 2.05) is 29.6 Å². The summed E-state index contributed by atoms with van der Waals surface area (Å²) >= 11 is 1.67. The number of carbonyl (C=O) groups excluding carboxylic acids is 1. The molecule has 0 spiro atoms. The van der Waals surface area contributed by atoms with Gasteiger partial charge in [0.15, 0.2) is 0 Å². The Morgan fingerprint density at radius 1 is 1.31 bits per heavy atom. The van der Waals surface area contributed by atoms with Crippen molar-refractivity contribution in [1.29, 1.82) is 0 Å². The SMILES string of the molecule is CC1(C)CN(CC(=O)NC(c2ccccc2)c2cccs2)CCC1N.Cl. The molecule has 3 rings (SSSR count). The summed E-state index contributed by atoms with van der Waals surface area (Å²) in [5, 5.41) is 5.27. The fourth-order valence-corrected chi connectivity index (χ4v) is 4.25. The molecule has 3 N–H and O–H groups in total. The van der Waals surface area contributed by atoms with E-state index in [1.165, 1.54) is 0 Å². The highest BCUT2D eigenvalue weighted by atomic mass is 35.5. The van der Waals surface area contributed by atoms with Gasteiger partial charge in [-0.1, -0.05) is 50.2 Å². The molecule has 1 aromatic carbocycles. The quantitative estimate of drug-likeness (QED) is 0.818. The summed E-state index contributed by atoms with van der Waals surface area (Å²) < 4.78 is 0. The number of halogens is 1. The Hall–Kier alpha value is -1.40.